The number of nitrogens with zero attached hydrogens (tertiary/aromatic N) is 5. The summed E-state index contributed by atoms with van der Waals surface area (Å²) in [6.45, 7) is 3.80. The molecule has 1 amide bonds. The van der Waals surface area contributed by atoms with E-state index >= 15 is 0 Å². The number of hydrogen-bond acceptors (Lipinski definition) is 8. The number of aromatic nitrogens is 4. The molecule has 32 heavy (non-hydrogen) atoms. The number of amides is 1. The quantitative estimate of drug-likeness (QED) is 0.507. The minimum Gasteiger partial charge on any atom is -0.462 e. The lowest BCUT2D eigenvalue weighted by molar-refractivity contribution is 0.102. The fourth-order valence-electron chi connectivity index (χ4n) is 4.22. The molecule has 3 N–H and O–H groups in total. The molecule has 4 aromatic rings. The van der Waals surface area contributed by atoms with E-state index in [2.05, 4.69) is 37.1 Å². The van der Waals surface area contributed by atoms with Crippen LogP contribution < -0.4 is 16.0 Å². The molecule has 0 saturated carbocycles. The SMILES string of the molecule is CC1CC(N)CN(c2ccncc2NC(=O)c2ccc3occ(-c4cncnc4)c3n2)C1. The normalized spacial score (nSPS) is 18.6. The van der Waals surface area contributed by atoms with Crippen molar-refractivity contribution in [1.82, 2.24) is 19.9 Å². The molecule has 2 unspecified atom stereocenters. The van der Waals surface area contributed by atoms with E-state index in [1.165, 1.54) is 6.33 Å². The maximum atomic E-state index is 13.1. The number of rotatable bonds is 4. The zero-order chi connectivity index (χ0) is 22.1. The van der Waals surface area contributed by atoms with Gasteiger partial charge >= 0.3 is 0 Å². The molecule has 9 heteroatoms. The summed E-state index contributed by atoms with van der Waals surface area (Å²) in [5, 5.41) is 2.97. The van der Waals surface area contributed by atoms with Crippen molar-refractivity contribution in [2.75, 3.05) is 23.3 Å². The Hall–Kier alpha value is -3.85. The lowest BCUT2D eigenvalue weighted by Gasteiger charge is -2.37. The second-order valence-electron chi connectivity index (χ2n) is 8.17. The molecule has 0 radical (unpaired) electrons. The third-order valence-electron chi connectivity index (χ3n) is 5.60. The molecule has 0 aromatic carbocycles. The van der Waals surface area contributed by atoms with Crippen LogP contribution in [0, 0.1) is 5.92 Å². The first-order chi connectivity index (χ1) is 15.6. The van der Waals surface area contributed by atoms with E-state index in [4.69, 9.17) is 10.2 Å². The number of anilines is 2. The van der Waals surface area contributed by atoms with Gasteiger partial charge in [-0.05, 0) is 30.5 Å². The monoisotopic (exact) mass is 429 g/mol. The molecule has 162 valence electrons. The Balaban J connectivity index is 1.44. The van der Waals surface area contributed by atoms with Crippen LogP contribution in [-0.4, -0.2) is 45.0 Å². The molecule has 2 atom stereocenters. The largest absolute Gasteiger partial charge is 0.462 e. The van der Waals surface area contributed by atoms with Gasteiger partial charge in [-0.2, -0.15) is 0 Å². The summed E-state index contributed by atoms with van der Waals surface area (Å²) >= 11 is 0. The minimum atomic E-state index is -0.327. The summed E-state index contributed by atoms with van der Waals surface area (Å²) in [6.07, 6.45) is 10.8. The molecule has 0 spiro atoms. The highest BCUT2D eigenvalue weighted by Crippen LogP contribution is 2.31. The average Bonchev–Trinajstić information content (AvgIpc) is 3.22. The van der Waals surface area contributed by atoms with E-state index in [0.29, 0.717) is 22.7 Å². The predicted molar refractivity (Wildman–Crippen MR) is 121 cm³/mol. The Morgan fingerprint density at radius 3 is 2.81 bits per heavy atom. The maximum Gasteiger partial charge on any atom is 0.274 e. The Labute approximate surface area is 184 Å². The third kappa shape index (κ3) is 3.90. The van der Waals surface area contributed by atoms with Gasteiger partial charge in [0.15, 0.2) is 5.58 Å². The van der Waals surface area contributed by atoms with Crippen LogP contribution >= 0.6 is 0 Å². The number of carbonyl (C=O) groups excluding carboxylic acids is 1. The van der Waals surface area contributed by atoms with Gasteiger partial charge in [0, 0.05) is 48.8 Å². The van der Waals surface area contributed by atoms with E-state index in [-0.39, 0.29) is 17.6 Å². The van der Waals surface area contributed by atoms with Crippen molar-refractivity contribution >= 4 is 28.4 Å². The van der Waals surface area contributed by atoms with Crippen LogP contribution in [0.1, 0.15) is 23.8 Å². The van der Waals surface area contributed by atoms with Crippen molar-refractivity contribution in [2.45, 2.75) is 19.4 Å². The fourth-order valence-corrected chi connectivity index (χ4v) is 4.22. The van der Waals surface area contributed by atoms with Crippen LogP contribution in [0.15, 0.2) is 60.0 Å². The second-order valence-corrected chi connectivity index (χ2v) is 8.17. The molecule has 5 rings (SSSR count). The molecule has 5 heterocycles. The van der Waals surface area contributed by atoms with E-state index in [1.807, 2.05) is 6.07 Å². The first kappa shape index (κ1) is 20.1. The van der Waals surface area contributed by atoms with Crippen molar-refractivity contribution in [3.63, 3.8) is 0 Å². The van der Waals surface area contributed by atoms with E-state index in [0.717, 1.165) is 36.3 Å². The molecule has 9 nitrogen and oxygen atoms in total. The Morgan fingerprint density at radius 1 is 1.16 bits per heavy atom. The minimum absolute atomic E-state index is 0.0982. The summed E-state index contributed by atoms with van der Waals surface area (Å²) in [5.74, 6) is 0.146. The van der Waals surface area contributed by atoms with Gasteiger partial charge in [0.25, 0.3) is 5.91 Å². The highest BCUT2D eigenvalue weighted by molar-refractivity contribution is 6.06. The van der Waals surface area contributed by atoms with Gasteiger partial charge in [-0.25, -0.2) is 15.0 Å². The van der Waals surface area contributed by atoms with E-state index < -0.39 is 0 Å². The molecule has 1 aliphatic heterocycles. The van der Waals surface area contributed by atoms with Crippen LogP contribution in [0.5, 0.6) is 0 Å². The van der Waals surface area contributed by atoms with Crippen LogP contribution in [0.3, 0.4) is 0 Å². The van der Waals surface area contributed by atoms with Crippen molar-refractivity contribution in [1.29, 1.82) is 0 Å². The van der Waals surface area contributed by atoms with Crippen LogP contribution in [0.4, 0.5) is 11.4 Å². The standard InChI is InChI=1S/C23H23N7O2/c1-14-6-16(24)11-30(10-14)20-4-5-25-9-19(20)29-23(31)18-2-3-21-22(28-18)17(12-32-21)15-7-26-13-27-8-15/h2-5,7-9,12-14,16H,6,10-11,24H2,1H3,(H,29,31). The molecule has 0 aliphatic carbocycles. The third-order valence-corrected chi connectivity index (χ3v) is 5.60. The Morgan fingerprint density at radius 2 is 2.00 bits per heavy atom. The van der Waals surface area contributed by atoms with Gasteiger partial charge in [0.2, 0.25) is 0 Å². The molecular formula is C23H23N7O2. The summed E-state index contributed by atoms with van der Waals surface area (Å²) < 4.78 is 5.60. The highest BCUT2D eigenvalue weighted by atomic mass is 16.3. The summed E-state index contributed by atoms with van der Waals surface area (Å²) in [4.78, 5) is 32.1. The highest BCUT2D eigenvalue weighted by Gasteiger charge is 2.25. The number of fused-ring (bicyclic) bond motifs is 1. The first-order valence-electron chi connectivity index (χ1n) is 10.5. The summed E-state index contributed by atoms with van der Waals surface area (Å²) in [5.41, 5.74) is 10.7. The number of piperidine rings is 1. The number of nitrogens with two attached hydrogens (primary N) is 1. The topological polar surface area (TPSA) is 123 Å². The molecule has 4 aromatic heterocycles. The van der Waals surface area contributed by atoms with Gasteiger partial charge in [-0.15, -0.1) is 0 Å². The number of furan rings is 1. The van der Waals surface area contributed by atoms with Crippen LogP contribution in [0.2, 0.25) is 0 Å². The number of hydrogen-bond donors (Lipinski definition) is 2. The number of pyridine rings is 2. The maximum absolute atomic E-state index is 13.1. The van der Waals surface area contributed by atoms with E-state index in [9.17, 15) is 4.79 Å². The van der Waals surface area contributed by atoms with Gasteiger partial charge in [-0.3, -0.25) is 9.78 Å². The first-order valence-corrected chi connectivity index (χ1v) is 10.5. The van der Waals surface area contributed by atoms with Gasteiger partial charge in [0.1, 0.15) is 23.8 Å². The number of nitrogens with one attached hydrogen (secondary N) is 1. The molecule has 1 aliphatic rings. The van der Waals surface area contributed by atoms with E-state index in [1.54, 1.807) is 43.2 Å². The van der Waals surface area contributed by atoms with Crippen LogP contribution in [0.25, 0.3) is 22.2 Å². The molecular weight excluding hydrogens is 406 g/mol. The van der Waals surface area contributed by atoms with Gasteiger partial charge in [-0.1, -0.05) is 6.92 Å². The number of carbonyl (C=O) groups is 1. The van der Waals surface area contributed by atoms with Crippen molar-refractivity contribution in [3.8, 4) is 11.1 Å². The molecule has 1 saturated heterocycles. The molecule has 0 bridgehead atoms. The Bertz CT molecular complexity index is 1250. The second kappa shape index (κ2) is 8.35. The Kier molecular flexibility index (Phi) is 5.24. The average molecular weight is 429 g/mol. The zero-order valence-electron chi connectivity index (χ0n) is 17.6. The fraction of sp³-hybridized carbons (Fsp3) is 0.261. The van der Waals surface area contributed by atoms with Gasteiger partial charge in [0.05, 0.1) is 17.6 Å². The molecule has 1 fully saturated rings. The van der Waals surface area contributed by atoms with Crippen LogP contribution in [-0.2, 0) is 0 Å². The van der Waals surface area contributed by atoms with Crippen molar-refractivity contribution in [2.24, 2.45) is 11.7 Å². The van der Waals surface area contributed by atoms with Crippen molar-refractivity contribution in [3.05, 3.63) is 61.3 Å². The zero-order valence-corrected chi connectivity index (χ0v) is 17.6. The predicted octanol–water partition coefficient (Wildman–Crippen LogP) is 3.11. The van der Waals surface area contributed by atoms with Gasteiger partial charge < -0.3 is 20.4 Å². The summed E-state index contributed by atoms with van der Waals surface area (Å²) in [6, 6.07) is 5.38. The lowest BCUT2D eigenvalue weighted by atomic mass is 9.96. The summed E-state index contributed by atoms with van der Waals surface area (Å²) in [7, 11) is 0. The smallest absolute Gasteiger partial charge is 0.274 e. The van der Waals surface area contributed by atoms with Crippen molar-refractivity contribution < 1.29 is 9.21 Å². The lowest BCUT2D eigenvalue weighted by Crippen LogP contribution is -2.46.